The van der Waals surface area contributed by atoms with E-state index in [4.69, 9.17) is 9.40 Å². The molecule has 0 aliphatic heterocycles. The van der Waals surface area contributed by atoms with Gasteiger partial charge in [-0.3, -0.25) is 8.97 Å². The highest BCUT2D eigenvalue weighted by atomic mass is 16.3. The van der Waals surface area contributed by atoms with Gasteiger partial charge in [0.15, 0.2) is 5.58 Å². The molecule has 5 aromatic heterocycles. The summed E-state index contributed by atoms with van der Waals surface area (Å²) in [5.74, 6) is 0.858. The minimum Gasteiger partial charge on any atom is -0.454 e. The van der Waals surface area contributed by atoms with Crippen LogP contribution in [0.5, 0.6) is 0 Å². The lowest BCUT2D eigenvalue weighted by molar-refractivity contribution is 0.666. The molecule has 0 spiro atoms. The van der Waals surface area contributed by atoms with Crippen molar-refractivity contribution in [2.45, 2.75) is 0 Å². The largest absolute Gasteiger partial charge is 0.454 e. The van der Waals surface area contributed by atoms with E-state index in [1.54, 1.807) is 0 Å². The summed E-state index contributed by atoms with van der Waals surface area (Å²) in [6, 6.07) is 62.8. The van der Waals surface area contributed by atoms with Crippen molar-refractivity contribution in [1.82, 2.24) is 23.1 Å². The van der Waals surface area contributed by atoms with E-state index < -0.39 is 0 Å². The zero-order valence-electron chi connectivity index (χ0n) is 29.4. The Morgan fingerprint density at radius 3 is 1.71 bits per heavy atom. The number of para-hydroxylation sites is 8. The van der Waals surface area contributed by atoms with Gasteiger partial charge in [-0.2, -0.15) is 0 Å². The predicted molar refractivity (Wildman–Crippen MR) is 225 cm³/mol. The Labute approximate surface area is 312 Å². The normalized spacial score (nSPS) is 12.4. The van der Waals surface area contributed by atoms with Crippen LogP contribution in [-0.2, 0) is 0 Å². The van der Waals surface area contributed by atoms with E-state index in [0.717, 1.165) is 77.9 Å². The third-order valence-electron chi connectivity index (χ3n) is 11.6. The Hall–Kier alpha value is -7.57. The molecule has 0 unspecified atom stereocenters. The molecule has 6 heteroatoms. The van der Waals surface area contributed by atoms with Crippen LogP contribution in [-0.4, -0.2) is 23.1 Å². The first-order valence-corrected chi connectivity index (χ1v) is 18.7. The third kappa shape index (κ3) is 3.75. The van der Waals surface area contributed by atoms with Crippen molar-refractivity contribution in [3.8, 4) is 17.1 Å². The average Bonchev–Trinajstić information content (AvgIpc) is 4.04. The lowest BCUT2D eigenvalue weighted by atomic mass is 10.1. The van der Waals surface area contributed by atoms with Crippen molar-refractivity contribution in [3.63, 3.8) is 0 Å². The number of benzene rings is 8. The van der Waals surface area contributed by atoms with Crippen LogP contribution < -0.4 is 0 Å². The maximum Gasteiger partial charge on any atom is 0.220 e. The smallest absolute Gasteiger partial charge is 0.220 e. The van der Waals surface area contributed by atoms with E-state index in [1.165, 1.54) is 32.6 Å². The van der Waals surface area contributed by atoms with E-state index >= 15 is 0 Å². The minimum atomic E-state index is 0.828. The fourth-order valence-electron chi connectivity index (χ4n) is 9.33. The predicted octanol–water partition coefficient (Wildman–Crippen LogP) is 12.5. The van der Waals surface area contributed by atoms with Crippen molar-refractivity contribution in [2.24, 2.45) is 0 Å². The van der Waals surface area contributed by atoms with Gasteiger partial charge < -0.3 is 13.6 Å². The minimum absolute atomic E-state index is 0.828. The molecule has 256 valence electrons. The molecule has 0 saturated carbocycles. The van der Waals surface area contributed by atoms with Gasteiger partial charge >= 0.3 is 0 Å². The maximum atomic E-state index is 6.92. The zero-order valence-corrected chi connectivity index (χ0v) is 29.4. The van der Waals surface area contributed by atoms with Crippen LogP contribution >= 0.6 is 0 Å². The van der Waals surface area contributed by atoms with E-state index in [1.807, 2.05) is 6.07 Å². The first kappa shape index (κ1) is 28.9. The Morgan fingerprint density at radius 1 is 0.382 bits per heavy atom. The molecule has 13 aromatic rings. The molecule has 8 aromatic carbocycles. The fraction of sp³-hybridized carbons (Fsp3) is 0. The summed E-state index contributed by atoms with van der Waals surface area (Å²) < 4.78 is 16.2. The number of furan rings is 1. The van der Waals surface area contributed by atoms with Gasteiger partial charge in [-0.15, -0.1) is 0 Å². The summed E-state index contributed by atoms with van der Waals surface area (Å²) in [4.78, 5) is 5.15. The van der Waals surface area contributed by atoms with Crippen molar-refractivity contribution in [1.29, 1.82) is 0 Å². The van der Waals surface area contributed by atoms with Crippen molar-refractivity contribution in [3.05, 3.63) is 176 Å². The van der Waals surface area contributed by atoms with Gasteiger partial charge in [0.25, 0.3) is 0 Å². The average molecular weight is 704 g/mol. The Bertz CT molecular complexity index is 3680. The lowest BCUT2D eigenvalue weighted by Crippen LogP contribution is -1.97. The molecule has 0 bridgehead atoms. The molecule has 0 amide bonds. The highest BCUT2D eigenvalue weighted by molar-refractivity contribution is 6.16. The van der Waals surface area contributed by atoms with Crippen LogP contribution in [0, 0.1) is 0 Å². The number of nitrogens with zero attached hydrogens (tertiary/aromatic N) is 5. The monoisotopic (exact) mass is 703 g/mol. The van der Waals surface area contributed by atoms with Gasteiger partial charge in [-0.05, 0) is 78.9 Å². The van der Waals surface area contributed by atoms with Crippen LogP contribution in [0.15, 0.2) is 180 Å². The molecule has 0 aliphatic rings. The van der Waals surface area contributed by atoms with E-state index in [0.29, 0.717) is 0 Å². The number of aromatic nitrogens is 5. The fourth-order valence-corrected chi connectivity index (χ4v) is 9.33. The Kier molecular flexibility index (Phi) is 5.54. The third-order valence-corrected chi connectivity index (χ3v) is 11.6. The molecule has 5 heterocycles. The number of rotatable bonds is 3. The van der Waals surface area contributed by atoms with Gasteiger partial charge in [0.2, 0.25) is 5.78 Å². The summed E-state index contributed by atoms with van der Waals surface area (Å²) >= 11 is 0. The molecule has 6 nitrogen and oxygen atoms in total. The van der Waals surface area contributed by atoms with Gasteiger partial charge in [0.1, 0.15) is 5.58 Å². The standard InChI is InChI=1S/C49H29N5O/c1-5-18-37-31(13-1)32-14-2-6-19-38(32)51(37)30-27-28-40-35(29-30)33-15-3-7-20-39(33)52(40)44-24-12-26-46-47(44)34-16-11-25-45(48(34)55-46)54-43-23-10-9-22-42(43)53-41-21-8-4-17-36(41)50-49(53)54/h1-29H. The summed E-state index contributed by atoms with van der Waals surface area (Å²) in [5, 5.41) is 7.06. The van der Waals surface area contributed by atoms with E-state index in [-0.39, 0.29) is 0 Å². The molecule has 0 radical (unpaired) electrons. The Balaban J connectivity index is 1.08. The number of imidazole rings is 2. The maximum absolute atomic E-state index is 6.92. The highest BCUT2D eigenvalue weighted by Gasteiger charge is 2.23. The molecular weight excluding hydrogens is 675 g/mol. The number of hydrogen-bond acceptors (Lipinski definition) is 2. The molecule has 0 atom stereocenters. The highest BCUT2D eigenvalue weighted by Crippen LogP contribution is 2.42. The van der Waals surface area contributed by atoms with Crippen LogP contribution in [0.1, 0.15) is 0 Å². The molecule has 55 heavy (non-hydrogen) atoms. The van der Waals surface area contributed by atoms with Crippen LogP contribution in [0.3, 0.4) is 0 Å². The summed E-state index contributed by atoms with van der Waals surface area (Å²) in [6.07, 6.45) is 0. The molecular formula is C49H29N5O. The second-order valence-electron chi connectivity index (χ2n) is 14.4. The molecule has 13 rings (SSSR count). The van der Waals surface area contributed by atoms with Crippen molar-refractivity contribution in [2.75, 3.05) is 0 Å². The number of hydrogen-bond donors (Lipinski definition) is 0. The molecule has 0 saturated heterocycles. The molecule has 0 fully saturated rings. The summed E-state index contributed by atoms with van der Waals surface area (Å²) in [7, 11) is 0. The summed E-state index contributed by atoms with van der Waals surface area (Å²) in [6.45, 7) is 0. The first-order chi connectivity index (χ1) is 27.3. The second kappa shape index (κ2) is 10.5. The van der Waals surface area contributed by atoms with Crippen LogP contribution in [0.25, 0.3) is 110 Å². The summed E-state index contributed by atoms with van der Waals surface area (Å²) in [5.41, 5.74) is 13.8. The van der Waals surface area contributed by atoms with Crippen LogP contribution in [0.4, 0.5) is 0 Å². The van der Waals surface area contributed by atoms with Gasteiger partial charge in [0.05, 0.1) is 60.9 Å². The van der Waals surface area contributed by atoms with Gasteiger partial charge in [0, 0.05) is 32.6 Å². The quantitative estimate of drug-likeness (QED) is 0.184. The number of fused-ring (bicyclic) bond motifs is 14. The first-order valence-electron chi connectivity index (χ1n) is 18.7. The second-order valence-corrected chi connectivity index (χ2v) is 14.4. The van der Waals surface area contributed by atoms with Gasteiger partial charge in [-0.25, -0.2) is 4.98 Å². The lowest BCUT2D eigenvalue weighted by Gasteiger charge is -2.11. The Morgan fingerprint density at radius 2 is 0.945 bits per heavy atom. The van der Waals surface area contributed by atoms with E-state index in [9.17, 15) is 0 Å². The molecule has 0 N–H and O–H groups in total. The van der Waals surface area contributed by atoms with E-state index in [2.05, 4.69) is 188 Å². The van der Waals surface area contributed by atoms with Crippen LogP contribution in [0.2, 0.25) is 0 Å². The zero-order chi connectivity index (χ0) is 35.8. The van der Waals surface area contributed by atoms with Crippen molar-refractivity contribution < 1.29 is 4.42 Å². The topological polar surface area (TPSA) is 45.2 Å². The molecule has 0 aliphatic carbocycles. The SMILES string of the molecule is c1ccc2c(c1)nc1n(-c3cccc4c3oc3cccc(-n5c6ccccc6c6cc(-n7c8ccccc8c8ccccc87)ccc65)c34)c3ccccc3n21. The van der Waals surface area contributed by atoms with Gasteiger partial charge in [-0.1, -0.05) is 97.1 Å². The van der Waals surface area contributed by atoms with Crippen molar-refractivity contribution >= 4 is 93.4 Å².